The van der Waals surface area contributed by atoms with Gasteiger partial charge in [-0.1, -0.05) is 27.2 Å². The third-order valence-electron chi connectivity index (χ3n) is 4.43. The molecule has 0 radical (unpaired) electrons. The molecule has 0 amide bonds. The van der Waals surface area contributed by atoms with Gasteiger partial charge in [-0.15, -0.1) is 24.0 Å². The molecule has 0 aromatic carbocycles. The standard InChI is InChI=1S/C18H38N4O.HI/c1-17(2,3)9-7-8-10-20-16(19-6)21-15-18(4,5)22-11-13-23-14-12-22;/h7-15H2,1-6H3,(H2,19,20,21);1H. The maximum Gasteiger partial charge on any atom is 0.191 e. The lowest BCUT2D eigenvalue weighted by atomic mass is 9.90. The van der Waals surface area contributed by atoms with Crippen LogP contribution in [0.3, 0.4) is 0 Å². The first-order valence-electron chi connectivity index (χ1n) is 9.02. The van der Waals surface area contributed by atoms with Gasteiger partial charge in [-0.05, 0) is 32.1 Å². The van der Waals surface area contributed by atoms with E-state index >= 15 is 0 Å². The SMILES string of the molecule is CN=C(NCCCCC(C)(C)C)NCC(C)(C)N1CCOCC1.I. The van der Waals surface area contributed by atoms with E-state index < -0.39 is 0 Å². The Hall–Kier alpha value is -0.0800. The van der Waals surface area contributed by atoms with Gasteiger partial charge in [0.25, 0.3) is 0 Å². The van der Waals surface area contributed by atoms with E-state index in [9.17, 15) is 0 Å². The molecule has 0 spiro atoms. The highest BCUT2D eigenvalue weighted by atomic mass is 127. The van der Waals surface area contributed by atoms with Crippen LogP contribution in [0, 0.1) is 5.41 Å². The highest BCUT2D eigenvalue weighted by molar-refractivity contribution is 14.0. The molecule has 24 heavy (non-hydrogen) atoms. The summed E-state index contributed by atoms with van der Waals surface area (Å²) in [5.74, 6) is 0.905. The topological polar surface area (TPSA) is 48.9 Å². The molecule has 5 nitrogen and oxygen atoms in total. The first kappa shape index (κ1) is 23.9. The second-order valence-corrected chi connectivity index (χ2v) is 8.28. The van der Waals surface area contributed by atoms with Crippen molar-refractivity contribution in [2.45, 2.75) is 59.4 Å². The van der Waals surface area contributed by atoms with Crippen molar-refractivity contribution in [1.29, 1.82) is 0 Å². The first-order chi connectivity index (χ1) is 10.7. The molecule has 1 aliphatic rings. The minimum absolute atomic E-state index is 0. The molecule has 1 heterocycles. The fourth-order valence-corrected chi connectivity index (χ4v) is 2.79. The largest absolute Gasteiger partial charge is 0.379 e. The van der Waals surface area contributed by atoms with Crippen molar-refractivity contribution in [3.05, 3.63) is 0 Å². The van der Waals surface area contributed by atoms with Gasteiger partial charge in [0, 0.05) is 38.8 Å². The lowest BCUT2D eigenvalue weighted by Gasteiger charge is -2.41. The second kappa shape index (κ2) is 11.5. The first-order valence-corrected chi connectivity index (χ1v) is 9.02. The van der Waals surface area contributed by atoms with Gasteiger partial charge < -0.3 is 15.4 Å². The Bertz CT molecular complexity index is 361. The quantitative estimate of drug-likeness (QED) is 0.269. The highest BCUT2D eigenvalue weighted by Crippen LogP contribution is 2.21. The lowest BCUT2D eigenvalue weighted by Crippen LogP contribution is -2.56. The van der Waals surface area contributed by atoms with E-state index in [0.717, 1.165) is 45.4 Å². The van der Waals surface area contributed by atoms with Crippen LogP contribution in [0.15, 0.2) is 4.99 Å². The van der Waals surface area contributed by atoms with Gasteiger partial charge in [-0.3, -0.25) is 9.89 Å². The summed E-state index contributed by atoms with van der Waals surface area (Å²) >= 11 is 0. The summed E-state index contributed by atoms with van der Waals surface area (Å²) in [6, 6.07) is 0. The number of ether oxygens (including phenoxy) is 1. The van der Waals surface area contributed by atoms with Crippen molar-refractivity contribution in [3.63, 3.8) is 0 Å². The Kier molecular flexibility index (Phi) is 11.5. The van der Waals surface area contributed by atoms with Crippen LogP contribution in [0.25, 0.3) is 0 Å². The van der Waals surface area contributed by atoms with Crippen LogP contribution < -0.4 is 10.6 Å². The number of nitrogens with one attached hydrogen (secondary N) is 2. The number of hydrogen-bond acceptors (Lipinski definition) is 3. The molecule has 1 aliphatic heterocycles. The van der Waals surface area contributed by atoms with Gasteiger partial charge in [0.2, 0.25) is 0 Å². The van der Waals surface area contributed by atoms with Gasteiger partial charge in [-0.2, -0.15) is 0 Å². The van der Waals surface area contributed by atoms with Crippen LogP contribution in [-0.2, 0) is 4.74 Å². The van der Waals surface area contributed by atoms with E-state index in [4.69, 9.17) is 4.74 Å². The van der Waals surface area contributed by atoms with E-state index in [1.807, 2.05) is 7.05 Å². The minimum Gasteiger partial charge on any atom is -0.379 e. The predicted octanol–water partition coefficient (Wildman–Crippen LogP) is 3.10. The van der Waals surface area contributed by atoms with Gasteiger partial charge >= 0.3 is 0 Å². The second-order valence-electron chi connectivity index (χ2n) is 8.28. The molecule has 0 saturated carbocycles. The molecule has 0 aromatic heterocycles. The number of morpholine rings is 1. The molecule has 1 fully saturated rings. The number of unbranched alkanes of at least 4 members (excludes halogenated alkanes) is 1. The van der Waals surface area contributed by atoms with Crippen molar-refractivity contribution >= 4 is 29.9 Å². The molecule has 1 saturated heterocycles. The smallest absolute Gasteiger partial charge is 0.191 e. The number of nitrogens with zero attached hydrogens (tertiary/aromatic N) is 2. The summed E-state index contributed by atoms with van der Waals surface area (Å²) in [5.41, 5.74) is 0.537. The van der Waals surface area contributed by atoms with Crippen molar-refractivity contribution in [1.82, 2.24) is 15.5 Å². The van der Waals surface area contributed by atoms with Crippen molar-refractivity contribution in [3.8, 4) is 0 Å². The van der Waals surface area contributed by atoms with E-state index in [-0.39, 0.29) is 29.5 Å². The summed E-state index contributed by atoms with van der Waals surface area (Å²) in [6.07, 6.45) is 3.71. The van der Waals surface area contributed by atoms with Crippen LogP contribution >= 0.6 is 24.0 Å². The summed E-state index contributed by atoms with van der Waals surface area (Å²) in [5, 5.41) is 6.90. The molecule has 0 aliphatic carbocycles. The van der Waals surface area contributed by atoms with E-state index in [1.54, 1.807) is 0 Å². The van der Waals surface area contributed by atoms with Crippen LogP contribution in [0.1, 0.15) is 53.9 Å². The summed E-state index contributed by atoms with van der Waals surface area (Å²) in [4.78, 5) is 6.82. The number of guanidine groups is 1. The molecule has 0 unspecified atom stereocenters. The number of rotatable bonds is 7. The Morgan fingerprint density at radius 2 is 1.67 bits per heavy atom. The zero-order valence-corrected chi connectivity index (χ0v) is 18.9. The van der Waals surface area contributed by atoms with Crippen molar-refractivity contribution in [2.24, 2.45) is 10.4 Å². The maximum atomic E-state index is 5.44. The Morgan fingerprint density at radius 1 is 1.04 bits per heavy atom. The third kappa shape index (κ3) is 10.0. The predicted molar refractivity (Wildman–Crippen MR) is 115 cm³/mol. The normalized spacial score (nSPS) is 17.3. The molecule has 1 rings (SSSR count). The van der Waals surface area contributed by atoms with Crippen LogP contribution in [0.5, 0.6) is 0 Å². The number of aliphatic imine (C=N–C) groups is 1. The van der Waals surface area contributed by atoms with E-state index in [1.165, 1.54) is 19.3 Å². The van der Waals surface area contributed by atoms with Crippen molar-refractivity contribution < 1.29 is 4.74 Å². The summed E-state index contributed by atoms with van der Waals surface area (Å²) < 4.78 is 5.44. The summed E-state index contributed by atoms with van der Waals surface area (Å²) in [6.45, 7) is 17.0. The zero-order valence-electron chi connectivity index (χ0n) is 16.6. The van der Waals surface area contributed by atoms with Gasteiger partial charge in [0.1, 0.15) is 0 Å². The maximum absolute atomic E-state index is 5.44. The van der Waals surface area contributed by atoms with Crippen molar-refractivity contribution in [2.75, 3.05) is 46.4 Å². The van der Waals surface area contributed by atoms with Gasteiger partial charge in [0.05, 0.1) is 13.2 Å². The lowest BCUT2D eigenvalue weighted by molar-refractivity contribution is -0.00833. The van der Waals surface area contributed by atoms with Crippen LogP contribution in [0.2, 0.25) is 0 Å². The summed E-state index contributed by atoms with van der Waals surface area (Å²) in [7, 11) is 1.84. The molecular weight excluding hydrogens is 415 g/mol. The molecule has 0 atom stereocenters. The van der Waals surface area contributed by atoms with E-state index in [2.05, 4.69) is 55.1 Å². The molecule has 0 aromatic rings. The molecular formula is C18H39IN4O. The zero-order chi connectivity index (χ0) is 17.3. The third-order valence-corrected chi connectivity index (χ3v) is 4.43. The van der Waals surface area contributed by atoms with Crippen LogP contribution in [-0.4, -0.2) is 62.8 Å². The van der Waals surface area contributed by atoms with Crippen LogP contribution in [0.4, 0.5) is 0 Å². The molecule has 0 bridgehead atoms. The number of halogens is 1. The van der Waals surface area contributed by atoms with Gasteiger partial charge in [-0.25, -0.2) is 0 Å². The van der Waals surface area contributed by atoms with Gasteiger partial charge in [0.15, 0.2) is 5.96 Å². The average molecular weight is 454 g/mol. The molecule has 6 heteroatoms. The molecule has 2 N–H and O–H groups in total. The Labute approximate surface area is 166 Å². The highest BCUT2D eigenvalue weighted by Gasteiger charge is 2.28. The van der Waals surface area contributed by atoms with E-state index in [0.29, 0.717) is 5.41 Å². The average Bonchev–Trinajstić information content (AvgIpc) is 2.50. The Balaban J connectivity index is 0.00000529. The fourth-order valence-electron chi connectivity index (χ4n) is 2.79. The minimum atomic E-state index is 0. The Morgan fingerprint density at radius 3 is 2.21 bits per heavy atom. The molecule has 144 valence electrons. The fraction of sp³-hybridized carbons (Fsp3) is 0.944. The number of hydrogen-bond donors (Lipinski definition) is 2. The monoisotopic (exact) mass is 454 g/mol.